The second kappa shape index (κ2) is 7.23. The first-order chi connectivity index (χ1) is 11.7. The Bertz CT molecular complexity index is 829. The summed E-state index contributed by atoms with van der Waals surface area (Å²) < 4.78 is 6.98. The van der Waals surface area contributed by atoms with E-state index in [2.05, 4.69) is 15.3 Å². The monoisotopic (exact) mass is 324 g/mol. The molecule has 3 aromatic heterocycles. The lowest BCUT2D eigenvalue weighted by atomic mass is 10.1. The Kier molecular flexibility index (Phi) is 4.86. The molecule has 0 aliphatic carbocycles. The Hall–Kier alpha value is -2.73. The van der Waals surface area contributed by atoms with Crippen molar-refractivity contribution in [2.24, 2.45) is 5.92 Å². The van der Waals surface area contributed by atoms with Gasteiger partial charge in [0.25, 0.3) is 0 Å². The summed E-state index contributed by atoms with van der Waals surface area (Å²) in [5, 5.41) is 3.01. The minimum atomic E-state index is -0.0551. The zero-order valence-corrected chi connectivity index (χ0v) is 13.8. The van der Waals surface area contributed by atoms with Crippen molar-refractivity contribution in [2.45, 2.75) is 13.3 Å². The van der Waals surface area contributed by atoms with Gasteiger partial charge in [-0.1, -0.05) is 13.0 Å². The van der Waals surface area contributed by atoms with Crippen LogP contribution in [-0.2, 0) is 9.53 Å². The largest absolute Gasteiger partial charge is 0.384 e. The van der Waals surface area contributed by atoms with Gasteiger partial charge in [-0.15, -0.1) is 0 Å². The molecule has 0 spiro atoms. The van der Waals surface area contributed by atoms with Gasteiger partial charge in [0.15, 0.2) is 0 Å². The van der Waals surface area contributed by atoms with E-state index < -0.39 is 0 Å². The van der Waals surface area contributed by atoms with Gasteiger partial charge >= 0.3 is 0 Å². The number of ether oxygens (including phenoxy) is 1. The van der Waals surface area contributed by atoms with E-state index in [4.69, 9.17) is 4.74 Å². The van der Waals surface area contributed by atoms with Crippen molar-refractivity contribution >= 4 is 17.4 Å². The van der Waals surface area contributed by atoms with Crippen LogP contribution in [0, 0.1) is 5.92 Å². The molecule has 0 fully saturated rings. The molecule has 0 aromatic carbocycles. The molecule has 3 rings (SSSR count). The number of pyridine rings is 2. The van der Waals surface area contributed by atoms with E-state index >= 15 is 0 Å². The van der Waals surface area contributed by atoms with Crippen molar-refractivity contribution in [2.75, 3.05) is 19.0 Å². The van der Waals surface area contributed by atoms with Crippen molar-refractivity contribution < 1.29 is 9.53 Å². The molecule has 0 bridgehead atoms. The van der Waals surface area contributed by atoms with Crippen molar-refractivity contribution in [1.82, 2.24) is 14.4 Å². The molecule has 0 radical (unpaired) electrons. The number of amides is 1. The predicted octanol–water partition coefficient (Wildman–Crippen LogP) is 3.01. The van der Waals surface area contributed by atoms with Crippen molar-refractivity contribution in [1.29, 1.82) is 0 Å². The fraction of sp³-hybridized carbons (Fsp3) is 0.278. The summed E-state index contributed by atoms with van der Waals surface area (Å²) in [4.78, 5) is 21.1. The molecule has 24 heavy (non-hydrogen) atoms. The first-order valence-electron chi connectivity index (χ1n) is 7.85. The lowest BCUT2D eigenvalue weighted by molar-refractivity contribution is -0.117. The summed E-state index contributed by atoms with van der Waals surface area (Å²) in [6, 6.07) is 9.50. The van der Waals surface area contributed by atoms with Gasteiger partial charge in [0.05, 0.1) is 0 Å². The van der Waals surface area contributed by atoms with Crippen LogP contribution in [0.25, 0.3) is 16.9 Å². The van der Waals surface area contributed by atoms with Gasteiger partial charge in [-0.3, -0.25) is 14.2 Å². The van der Waals surface area contributed by atoms with E-state index in [1.165, 1.54) is 0 Å². The smallest absolute Gasteiger partial charge is 0.225 e. The SMILES string of the molecule is COCC(C)CC(=O)Nc1c(-c2ccncc2)nc2ccccn12. The maximum atomic E-state index is 12.4. The summed E-state index contributed by atoms with van der Waals surface area (Å²) in [6.45, 7) is 2.54. The minimum absolute atomic E-state index is 0.0551. The van der Waals surface area contributed by atoms with Gasteiger partial charge in [0.1, 0.15) is 17.2 Å². The van der Waals surface area contributed by atoms with Crippen LogP contribution in [0.5, 0.6) is 0 Å². The van der Waals surface area contributed by atoms with Crippen LogP contribution in [0.15, 0.2) is 48.9 Å². The first kappa shape index (κ1) is 16.1. The molecule has 0 aliphatic heterocycles. The number of nitrogens with zero attached hydrogens (tertiary/aromatic N) is 3. The van der Waals surface area contributed by atoms with E-state index in [9.17, 15) is 4.79 Å². The second-order valence-corrected chi connectivity index (χ2v) is 5.79. The maximum absolute atomic E-state index is 12.4. The lowest BCUT2D eigenvalue weighted by Gasteiger charge is -2.11. The zero-order valence-electron chi connectivity index (χ0n) is 13.8. The van der Waals surface area contributed by atoms with Crippen molar-refractivity contribution in [3.05, 3.63) is 48.9 Å². The van der Waals surface area contributed by atoms with E-state index in [1.54, 1.807) is 19.5 Å². The summed E-state index contributed by atoms with van der Waals surface area (Å²) in [5.74, 6) is 0.769. The highest BCUT2D eigenvalue weighted by Crippen LogP contribution is 2.28. The van der Waals surface area contributed by atoms with Crippen LogP contribution in [0.2, 0.25) is 0 Å². The molecule has 1 N–H and O–H groups in total. The summed E-state index contributed by atoms with van der Waals surface area (Å²) in [7, 11) is 1.64. The third kappa shape index (κ3) is 3.44. The molecule has 0 saturated carbocycles. The van der Waals surface area contributed by atoms with Gasteiger partial charge in [0, 0.05) is 44.3 Å². The molecule has 1 amide bonds. The van der Waals surface area contributed by atoms with Gasteiger partial charge in [-0.2, -0.15) is 0 Å². The average Bonchev–Trinajstić information content (AvgIpc) is 2.94. The average molecular weight is 324 g/mol. The third-order valence-electron chi connectivity index (χ3n) is 3.73. The molecule has 1 atom stereocenters. The number of hydrogen-bond donors (Lipinski definition) is 1. The lowest BCUT2D eigenvalue weighted by Crippen LogP contribution is -2.18. The normalized spacial score (nSPS) is 12.2. The summed E-state index contributed by atoms with van der Waals surface area (Å²) in [5.41, 5.74) is 2.43. The molecular formula is C18H20N4O2. The summed E-state index contributed by atoms with van der Waals surface area (Å²) >= 11 is 0. The molecule has 3 heterocycles. The second-order valence-electron chi connectivity index (χ2n) is 5.79. The fourth-order valence-electron chi connectivity index (χ4n) is 2.67. The Balaban J connectivity index is 1.95. The number of carbonyl (C=O) groups excluding carboxylic acids is 1. The van der Waals surface area contributed by atoms with Crippen LogP contribution < -0.4 is 5.32 Å². The maximum Gasteiger partial charge on any atom is 0.225 e. The highest BCUT2D eigenvalue weighted by Gasteiger charge is 2.17. The molecule has 6 heteroatoms. The van der Waals surface area contributed by atoms with E-state index in [1.807, 2.05) is 47.9 Å². The number of rotatable bonds is 6. The highest BCUT2D eigenvalue weighted by atomic mass is 16.5. The Labute approximate surface area is 140 Å². The van der Waals surface area contributed by atoms with Gasteiger partial charge in [-0.25, -0.2) is 4.98 Å². The molecule has 1 unspecified atom stereocenters. The van der Waals surface area contributed by atoms with E-state index in [0.717, 1.165) is 16.9 Å². The molecule has 0 aliphatic rings. The van der Waals surface area contributed by atoms with Gasteiger partial charge in [0.2, 0.25) is 5.91 Å². The molecule has 124 valence electrons. The first-order valence-corrected chi connectivity index (χ1v) is 7.85. The van der Waals surface area contributed by atoms with Crippen molar-refractivity contribution in [3.8, 4) is 11.3 Å². The standard InChI is InChI=1S/C18H20N4O2/c1-13(12-24-2)11-16(23)21-18-17(14-6-8-19-9-7-14)20-15-5-3-4-10-22(15)18/h3-10,13H,11-12H2,1-2H3,(H,21,23). The Morgan fingerprint density at radius 2 is 2.08 bits per heavy atom. The minimum Gasteiger partial charge on any atom is -0.384 e. The number of methoxy groups -OCH3 is 1. The molecule has 6 nitrogen and oxygen atoms in total. The van der Waals surface area contributed by atoms with E-state index in [-0.39, 0.29) is 11.8 Å². The fourth-order valence-corrected chi connectivity index (χ4v) is 2.67. The number of nitrogens with one attached hydrogen (secondary N) is 1. The van der Waals surface area contributed by atoms with Gasteiger partial charge in [-0.05, 0) is 30.2 Å². The Morgan fingerprint density at radius 1 is 1.29 bits per heavy atom. The predicted molar refractivity (Wildman–Crippen MR) is 92.7 cm³/mol. The third-order valence-corrected chi connectivity index (χ3v) is 3.73. The summed E-state index contributed by atoms with van der Waals surface area (Å²) in [6.07, 6.45) is 5.71. The topological polar surface area (TPSA) is 68.5 Å². The number of carbonyl (C=O) groups is 1. The van der Waals surface area contributed by atoms with Crippen molar-refractivity contribution in [3.63, 3.8) is 0 Å². The van der Waals surface area contributed by atoms with Crippen LogP contribution >= 0.6 is 0 Å². The molecule has 0 saturated heterocycles. The van der Waals surface area contributed by atoms with Crippen LogP contribution in [0.1, 0.15) is 13.3 Å². The number of anilines is 1. The number of fused-ring (bicyclic) bond motifs is 1. The van der Waals surface area contributed by atoms with Crippen LogP contribution in [-0.4, -0.2) is 34.0 Å². The number of imidazole rings is 1. The highest BCUT2D eigenvalue weighted by molar-refractivity contribution is 5.94. The Morgan fingerprint density at radius 3 is 2.83 bits per heavy atom. The quantitative estimate of drug-likeness (QED) is 0.757. The van der Waals surface area contributed by atoms with Crippen LogP contribution in [0.3, 0.4) is 0 Å². The zero-order chi connectivity index (χ0) is 16.9. The van der Waals surface area contributed by atoms with E-state index in [0.29, 0.717) is 18.8 Å². The molecule has 3 aromatic rings. The molecular weight excluding hydrogens is 304 g/mol. The van der Waals surface area contributed by atoms with Gasteiger partial charge < -0.3 is 10.1 Å². The number of hydrogen-bond acceptors (Lipinski definition) is 4. The number of aromatic nitrogens is 3. The van der Waals surface area contributed by atoms with Crippen LogP contribution in [0.4, 0.5) is 5.82 Å².